The molecule has 0 aromatic rings. The molecule has 0 bridgehead atoms. The summed E-state index contributed by atoms with van der Waals surface area (Å²) in [5.41, 5.74) is 10.6. The molecule has 0 aliphatic carbocycles. The van der Waals surface area contributed by atoms with Crippen LogP contribution in [-0.2, 0) is 47.8 Å². The van der Waals surface area contributed by atoms with Crippen LogP contribution in [0.15, 0.2) is 4.99 Å². The monoisotopic (exact) mass is 529 g/mol. The number of nitrogens with two attached hydrogens (primary N) is 2. The minimum atomic E-state index is -1.21. The van der Waals surface area contributed by atoms with E-state index in [0.717, 1.165) is 0 Å². The van der Waals surface area contributed by atoms with Crippen molar-refractivity contribution >= 4 is 48.8 Å². The molecule has 0 spiro atoms. The van der Waals surface area contributed by atoms with Crippen LogP contribution in [0, 0.1) is 11.8 Å². The minimum absolute atomic E-state index is 0.0933. The van der Waals surface area contributed by atoms with Gasteiger partial charge in [-0.05, 0) is 26.2 Å². The number of hydrogen-bond donors (Lipinski definition) is 4. The largest absolute Gasteiger partial charge is 0.467 e. The maximum atomic E-state index is 13.2. The van der Waals surface area contributed by atoms with Crippen molar-refractivity contribution in [2.75, 3.05) is 26.4 Å². The van der Waals surface area contributed by atoms with Crippen LogP contribution < -0.4 is 22.1 Å². The third-order valence-electron chi connectivity index (χ3n) is 5.20. The standard InChI is InChI=1S/C22H35N5O10/c1-3-15(8-35-11-28)20(33)26-17(5-4-6-25-22(23)24)19(32)7-16(9-36-12-29)21(34)27-18(14(2)31)10-37-13-30/h11-13,15-18H,3-10H2,1-2H3,(H,26,33)(H,27,34)(H4,23,24,25)/t15-,16-,17-,18-/m0/s1. The molecule has 208 valence electrons. The smallest absolute Gasteiger partial charge is 0.293 e. The Labute approximate surface area is 214 Å². The first kappa shape index (κ1) is 33.0. The molecule has 15 heteroatoms. The Bertz CT molecular complexity index is 816. The first-order valence-corrected chi connectivity index (χ1v) is 11.5. The lowest BCUT2D eigenvalue weighted by molar-refractivity contribution is -0.140. The highest BCUT2D eigenvalue weighted by Crippen LogP contribution is 2.13. The average Bonchev–Trinajstić information content (AvgIpc) is 2.85. The number of nitrogens with one attached hydrogen (secondary N) is 2. The molecule has 6 N–H and O–H groups in total. The molecule has 0 aliphatic rings. The van der Waals surface area contributed by atoms with E-state index in [1.54, 1.807) is 6.92 Å². The molecule has 0 heterocycles. The minimum Gasteiger partial charge on any atom is -0.467 e. The third kappa shape index (κ3) is 14.2. The van der Waals surface area contributed by atoms with Gasteiger partial charge < -0.3 is 36.3 Å². The van der Waals surface area contributed by atoms with Crippen molar-refractivity contribution in [3.63, 3.8) is 0 Å². The summed E-state index contributed by atoms with van der Waals surface area (Å²) in [6, 6.07) is -2.25. The molecule has 0 aliphatic heterocycles. The summed E-state index contributed by atoms with van der Waals surface area (Å²) in [5.74, 6) is -4.51. The molecule has 37 heavy (non-hydrogen) atoms. The Morgan fingerprint density at radius 2 is 1.35 bits per heavy atom. The Hall–Kier alpha value is -4.04. The number of ketones is 2. The first-order chi connectivity index (χ1) is 17.6. The summed E-state index contributed by atoms with van der Waals surface area (Å²) in [6.45, 7) is 2.35. The van der Waals surface area contributed by atoms with Gasteiger partial charge in [-0.2, -0.15) is 0 Å². The number of ether oxygens (including phenoxy) is 3. The van der Waals surface area contributed by atoms with Gasteiger partial charge in [0, 0.05) is 13.0 Å². The number of amides is 2. The average molecular weight is 530 g/mol. The normalized spacial score (nSPS) is 13.5. The van der Waals surface area contributed by atoms with Crippen LogP contribution in [0.4, 0.5) is 0 Å². The number of rotatable bonds is 22. The summed E-state index contributed by atoms with van der Waals surface area (Å²) in [5, 5.41) is 4.96. The number of carbonyl (C=O) groups is 7. The number of aliphatic imine (C=N–C) groups is 1. The van der Waals surface area contributed by atoms with Gasteiger partial charge in [0.2, 0.25) is 11.8 Å². The Morgan fingerprint density at radius 3 is 1.86 bits per heavy atom. The van der Waals surface area contributed by atoms with Crippen molar-refractivity contribution in [3.05, 3.63) is 0 Å². The SMILES string of the molecule is CC[C@@H](COC=O)C(=O)N[C@@H](CCCN=C(N)N)C(=O)C[C@@H](COC=O)C(=O)N[C@@H](COC=O)C(C)=O. The van der Waals surface area contributed by atoms with Crippen LogP contribution in [0.1, 0.15) is 39.5 Å². The molecule has 2 amide bonds. The summed E-state index contributed by atoms with van der Waals surface area (Å²) >= 11 is 0. The molecule has 0 unspecified atom stereocenters. The van der Waals surface area contributed by atoms with E-state index in [4.69, 9.17) is 11.5 Å². The molecule has 0 rings (SSSR count). The zero-order chi connectivity index (χ0) is 28.2. The number of Topliss-reactive ketones (excluding diaryl/α,β-unsaturated/α-hetero) is 2. The third-order valence-corrected chi connectivity index (χ3v) is 5.20. The van der Waals surface area contributed by atoms with Gasteiger partial charge in [-0.15, -0.1) is 0 Å². The zero-order valence-corrected chi connectivity index (χ0v) is 20.9. The summed E-state index contributed by atoms with van der Waals surface area (Å²) in [6.07, 6.45) is 0.265. The predicted octanol–water partition coefficient (Wildman–Crippen LogP) is -2.28. The lowest BCUT2D eigenvalue weighted by Crippen LogP contribution is -2.49. The number of nitrogens with zero attached hydrogens (tertiary/aromatic N) is 1. The maximum absolute atomic E-state index is 13.2. The van der Waals surface area contributed by atoms with E-state index in [0.29, 0.717) is 12.8 Å². The molecule has 0 aromatic carbocycles. The lowest BCUT2D eigenvalue weighted by atomic mass is 9.94. The molecule has 0 aromatic heterocycles. The quantitative estimate of drug-likeness (QED) is 0.0381. The van der Waals surface area contributed by atoms with Gasteiger partial charge in [-0.25, -0.2) is 0 Å². The number of guanidine groups is 1. The van der Waals surface area contributed by atoms with Gasteiger partial charge in [-0.1, -0.05) is 6.92 Å². The van der Waals surface area contributed by atoms with Crippen molar-refractivity contribution in [1.29, 1.82) is 0 Å². The topological polar surface area (TPSA) is 236 Å². The van der Waals surface area contributed by atoms with Crippen molar-refractivity contribution in [3.8, 4) is 0 Å². The van der Waals surface area contributed by atoms with E-state index in [1.807, 2.05) is 0 Å². The van der Waals surface area contributed by atoms with Crippen molar-refractivity contribution in [1.82, 2.24) is 10.6 Å². The molecular formula is C22H35N5O10. The van der Waals surface area contributed by atoms with Crippen LogP contribution in [-0.4, -0.2) is 87.2 Å². The van der Waals surface area contributed by atoms with Crippen molar-refractivity contribution in [2.45, 2.75) is 51.6 Å². The zero-order valence-electron chi connectivity index (χ0n) is 20.9. The first-order valence-electron chi connectivity index (χ1n) is 11.5. The predicted molar refractivity (Wildman–Crippen MR) is 127 cm³/mol. The van der Waals surface area contributed by atoms with E-state index in [2.05, 4.69) is 29.8 Å². The molecular weight excluding hydrogens is 494 g/mol. The molecule has 0 saturated carbocycles. The van der Waals surface area contributed by atoms with Crippen molar-refractivity contribution in [2.24, 2.45) is 28.3 Å². The Morgan fingerprint density at radius 1 is 0.838 bits per heavy atom. The van der Waals surface area contributed by atoms with E-state index >= 15 is 0 Å². The number of carbonyl (C=O) groups excluding carboxylic acids is 7. The summed E-state index contributed by atoms with van der Waals surface area (Å²) in [4.78, 5) is 85.9. The second-order valence-corrected chi connectivity index (χ2v) is 7.94. The van der Waals surface area contributed by atoms with E-state index in [-0.39, 0.29) is 44.9 Å². The fourth-order valence-corrected chi connectivity index (χ4v) is 3.09. The van der Waals surface area contributed by atoms with E-state index in [1.165, 1.54) is 6.92 Å². The van der Waals surface area contributed by atoms with Gasteiger partial charge >= 0.3 is 0 Å². The highest BCUT2D eigenvalue weighted by molar-refractivity contribution is 5.94. The molecule has 0 fully saturated rings. The fourth-order valence-electron chi connectivity index (χ4n) is 3.09. The van der Waals surface area contributed by atoms with Crippen LogP contribution in [0.2, 0.25) is 0 Å². The van der Waals surface area contributed by atoms with Gasteiger partial charge in [0.15, 0.2) is 17.5 Å². The van der Waals surface area contributed by atoms with Gasteiger partial charge in [0.25, 0.3) is 19.4 Å². The van der Waals surface area contributed by atoms with Gasteiger partial charge in [0.05, 0.1) is 17.9 Å². The van der Waals surface area contributed by atoms with Gasteiger partial charge in [-0.3, -0.25) is 38.6 Å². The summed E-state index contributed by atoms with van der Waals surface area (Å²) < 4.78 is 13.9. The Kier molecular flexibility index (Phi) is 17.1. The van der Waals surface area contributed by atoms with Crippen LogP contribution in [0.5, 0.6) is 0 Å². The van der Waals surface area contributed by atoms with Crippen LogP contribution in [0.25, 0.3) is 0 Å². The number of hydrogen-bond acceptors (Lipinski definition) is 11. The molecule has 15 nitrogen and oxygen atoms in total. The molecule has 0 saturated heterocycles. The second kappa shape index (κ2) is 19.2. The van der Waals surface area contributed by atoms with Crippen LogP contribution in [0.3, 0.4) is 0 Å². The molecule has 0 radical (unpaired) electrons. The van der Waals surface area contributed by atoms with E-state index in [9.17, 15) is 33.6 Å². The lowest BCUT2D eigenvalue weighted by Gasteiger charge is -2.24. The molecule has 4 atom stereocenters. The van der Waals surface area contributed by atoms with Crippen LogP contribution >= 0.6 is 0 Å². The highest BCUT2D eigenvalue weighted by Gasteiger charge is 2.31. The second-order valence-electron chi connectivity index (χ2n) is 7.94. The summed E-state index contributed by atoms with van der Waals surface area (Å²) in [7, 11) is 0. The fraction of sp³-hybridized carbons (Fsp3) is 0.636. The van der Waals surface area contributed by atoms with E-state index < -0.39 is 66.9 Å². The van der Waals surface area contributed by atoms with Gasteiger partial charge in [0.1, 0.15) is 25.9 Å². The highest BCUT2D eigenvalue weighted by atomic mass is 16.5. The Balaban J connectivity index is 5.64. The van der Waals surface area contributed by atoms with Crippen molar-refractivity contribution < 1.29 is 47.8 Å². The maximum Gasteiger partial charge on any atom is 0.293 e.